The molecule has 0 radical (unpaired) electrons. The van der Waals surface area contributed by atoms with Crippen molar-refractivity contribution < 1.29 is 9.53 Å². The van der Waals surface area contributed by atoms with Gasteiger partial charge in [-0.2, -0.15) is 0 Å². The van der Waals surface area contributed by atoms with Crippen molar-refractivity contribution in [2.45, 2.75) is 45.4 Å². The molecule has 0 amide bonds. The van der Waals surface area contributed by atoms with E-state index in [-0.39, 0.29) is 0 Å². The fraction of sp³-hybridized carbons (Fsp3) is 0.933. The van der Waals surface area contributed by atoms with Gasteiger partial charge in [-0.1, -0.05) is 19.8 Å². The molecule has 2 rings (SSSR count). The lowest BCUT2D eigenvalue weighted by molar-refractivity contribution is -0.126. The van der Waals surface area contributed by atoms with Gasteiger partial charge in [-0.05, 0) is 25.2 Å². The number of ether oxygens (including phenoxy) is 1. The minimum atomic E-state index is 0.299. The molecule has 0 spiro atoms. The maximum absolute atomic E-state index is 12.0. The van der Waals surface area contributed by atoms with Gasteiger partial charge in [-0.3, -0.25) is 4.79 Å². The summed E-state index contributed by atoms with van der Waals surface area (Å²) in [6.45, 7) is 7.04. The molecule has 1 saturated carbocycles. The number of carbonyl (C=O) groups is 1. The SMILES string of the molecule is CCCC1CCC(=O)C(CN2CCCOCC2)C1. The van der Waals surface area contributed by atoms with Gasteiger partial charge in [0.05, 0.1) is 6.61 Å². The highest BCUT2D eigenvalue weighted by molar-refractivity contribution is 5.81. The predicted molar refractivity (Wildman–Crippen MR) is 72.6 cm³/mol. The fourth-order valence-corrected chi connectivity index (χ4v) is 3.34. The highest BCUT2D eigenvalue weighted by atomic mass is 16.5. The molecular formula is C15H27NO2. The van der Waals surface area contributed by atoms with Gasteiger partial charge in [0.15, 0.2) is 0 Å². The molecule has 0 aromatic heterocycles. The Hall–Kier alpha value is -0.410. The van der Waals surface area contributed by atoms with E-state index < -0.39 is 0 Å². The molecule has 18 heavy (non-hydrogen) atoms. The summed E-state index contributed by atoms with van der Waals surface area (Å²) in [5.74, 6) is 1.60. The molecule has 0 aromatic carbocycles. The van der Waals surface area contributed by atoms with Gasteiger partial charge in [0.1, 0.15) is 5.78 Å². The first-order valence-electron chi connectivity index (χ1n) is 7.62. The average molecular weight is 253 g/mol. The summed E-state index contributed by atoms with van der Waals surface area (Å²) < 4.78 is 5.47. The topological polar surface area (TPSA) is 29.5 Å². The van der Waals surface area contributed by atoms with Crippen molar-refractivity contribution in [1.82, 2.24) is 4.90 Å². The van der Waals surface area contributed by atoms with Gasteiger partial charge in [0, 0.05) is 38.6 Å². The van der Waals surface area contributed by atoms with Crippen molar-refractivity contribution >= 4 is 5.78 Å². The van der Waals surface area contributed by atoms with E-state index >= 15 is 0 Å². The number of hydrogen-bond donors (Lipinski definition) is 0. The van der Waals surface area contributed by atoms with Crippen LogP contribution < -0.4 is 0 Å². The second-order valence-corrected chi connectivity index (χ2v) is 5.86. The Labute approximate surface area is 111 Å². The van der Waals surface area contributed by atoms with E-state index in [0.717, 1.165) is 64.4 Å². The third-order valence-corrected chi connectivity index (χ3v) is 4.36. The van der Waals surface area contributed by atoms with E-state index in [9.17, 15) is 4.79 Å². The Kier molecular flexibility index (Phi) is 5.64. The van der Waals surface area contributed by atoms with Crippen LogP contribution in [0.5, 0.6) is 0 Å². The molecule has 0 N–H and O–H groups in total. The molecule has 0 aromatic rings. The van der Waals surface area contributed by atoms with Gasteiger partial charge < -0.3 is 9.64 Å². The van der Waals surface area contributed by atoms with Crippen LogP contribution in [-0.4, -0.2) is 43.5 Å². The monoisotopic (exact) mass is 253 g/mol. The van der Waals surface area contributed by atoms with Gasteiger partial charge in [0.2, 0.25) is 0 Å². The van der Waals surface area contributed by atoms with E-state index in [1.54, 1.807) is 0 Å². The standard InChI is InChI=1S/C15H27NO2/c1-2-4-13-5-6-15(17)14(11-13)12-16-7-3-9-18-10-8-16/h13-14H,2-12H2,1H3. The Bertz CT molecular complexity index is 259. The highest BCUT2D eigenvalue weighted by Gasteiger charge is 2.29. The van der Waals surface area contributed by atoms with Crippen LogP contribution >= 0.6 is 0 Å². The molecule has 2 fully saturated rings. The van der Waals surface area contributed by atoms with Crippen molar-refractivity contribution in [2.24, 2.45) is 11.8 Å². The molecule has 2 unspecified atom stereocenters. The Morgan fingerprint density at radius 3 is 3.06 bits per heavy atom. The minimum absolute atomic E-state index is 0.299. The van der Waals surface area contributed by atoms with Crippen LogP contribution in [0.4, 0.5) is 0 Å². The van der Waals surface area contributed by atoms with Crippen LogP contribution in [-0.2, 0) is 9.53 Å². The molecule has 2 atom stereocenters. The molecule has 104 valence electrons. The number of ketones is 1. The maximum atomic E-state index is 12.0. The smallest absolute Gasteiger partial charge is 0.137 e. The quantitative estimate of drug-likeness (QED) is 0.771. The Balaban J connectivity index is 1.83. The van der Waals surface area contributed by atoms with Gasteiger partial charge in [0.25, 0.3) is 0 Å². The number of rotatable bonds is 4. The van der Waals surface area contributed by atoms with Crippen molar-refractivity contribution in [2.75, 3.05) is 32.8 Å². The number of Topliss-reactive ketones (excluding diaryl/α,β-unsaturated/α-hetero) is 1. The first-order valence-corrected chi connectivity index (χ1v) is 7.62. The van der Waals surface area contributed by atoms with E-state index in [1.807, 2.05) is 0 Å². The first-order chi connectivity index (χ1) is 8.79. The third-order valence-electron chi connectivity index (χ3n) is 4.36. The second-order valence-electron chi connectivity index (χ2n) is 5.86. The zero-order valence-electron chi connectivity index (χ0n) is 11.7. The largest absolute Gasteiger partial charge is 0.380 e. The normalized spacial score (nSPS) is 31.3. The Morgan fingerprint density at radius 1 is 1.33 bits per heavy atom. The molecule has 1 heterocycles. The van der Waals surface area contributed by atoms with Crippen molar-refractivity contribution in [3.63, 3.8) is 0 Å². The summed E-state index contributed by atoms with van der Waals surface area (Å²) in [6.07, 6.45) is 6.74. The van der Waals surface area contributed by atoms with E-state index in [4.69, 9.17) is 4.74 Å². The molecule has 1 aliphatic carbocycles. The first kappa shape index (κ1) is 14.0. The Morgan fingerprint density at radius 2 is 2.22 bits per heavy atom. The van der Waals surface area contributed by atoms with Crippen molar-refractivity contribution in [3.8, 4) is 0 Å². The van der Waals surface area contributed by atoms with Crippen LogP contribution in [0.15, 0.2) is 0 Å². The van der Waals surface area contributed by atoms with Gasteiger partial charge in [-0.25, -0.2) is 0 Å². The molecule has 0 bridgehead atoms. The summed E-state index contributed by atoms with van der Waals surface area (Å²) in [5.41, 5.74) is 0. The summed E-state index contributed by atoms with van der Waals surface area (Å²) in [6, 6.07) is 0. The third kappa shape index (κ3) is 4.06. The zero-order valence-corrected chi connectivity index (χ0v) is 11.7. The van der Waals surface area contributed by atoms with Gasteiger partial charge in [-0.15, -0.1) is 0 Å². The summed E-state index contributed by atoms with van der Waals surface area (Å²) >= 11 is 0. The van der Waals surface area contributed by atoms with E-state index in [0.29, 0.717) is 11.7 Å². The predicted octanol–water partition coefficient (Wildman–Crippen LogP) is 2.49. The molecule has 1 saturated heterocycles. The van der Waals surface area contributed by atoms with Crippen LogP contribution in [0.2, 0.25) is 0 Å². The van der Waals surface area contributed by atoms with Crippen LogP contribution in [0.3, 0.4) is 0 Å². The molecule has 2 aliphatic rings. The van der Waals surface area contributed by atoms with Crippen molar-refractivity contribution in [1.29, 1.82) is 0 Å². The maximum Gasteiger partial charge on any atom is 0.137 e. The van der Waals surface area contributed by atoms with E-state index in [2.05, 4.69) is 11.8 Å². The number of carbonyl (C=O) groups excluding carboxylic acids is 1. The molecular weight excluding hydrogens is 226 g/mol. The summed E-state index contributed by atoms with van der Waals surface area (Å²) in [7, 11) is 0. The summed E-state index contributed by atoms with van der Waals surface area (Å²) in [4.78, 5) is 14.5. The van der Waals surface area contributed by atoms with Crippen molar-refractivity contribution in [3.05, 3.63) is 0 Å². The van der Waals surface area contributed by atoms with Crippen LogP contribution in [0, 0.1) is 11.8 Å². The lowest BCUT2D eigenvalue weighted by Gasteiger charge is -2.31. The highest BCUT2D eigenvalue weighted by Crippen LogP contribution is 2.30. The van der Waals surface area contributed by atoms with Crippen LogP contribution in [0.1, 0.15) is 45.4 Å². The zero-order chi connectivity index (χ0) is 12.8. The number of hydrogen-bond acceptors (Lipinski definition) is 3. The molecule has 1 aliphatic heterocycles. The average Bonchev–Trinajstić information content (AvgIpc) is 2.62. The lowest BCUT2D eigenvalue weighted by atomic mass is 9.78. The fourth-order valence-electron chi connectivity index (χ4n) is 3.34. The molecule has 3 nitrogen and oxygen atoms in total. The number of nitrogens with zero attached hydrogens (tertiary/aromatic N) is 1. The van der Waals surface area contributed by atoms with E-state index in [1.165, 1.54) is 12.8 Å². The summed E-state index contributed by atoms with van der Waals surface area (Å²) in [5, 5.41) is 0. The molecule has 3 heteroatoms. The lowest BCUT2D eigenvalue weighted by Crippen LogP contribution is -2.37. The minimum Gasteiger partial charge on any atom is -0.380 e. The van der Waals surface area contributed by atoms with Gasteiger partial charge >= 0.3 is 0 Å². The second kappa shape index (κ2) is 7.25. The van der Waals surface area contributed by atoms with Crippen LogP contribution in [0.25, 0.3) is 0 Å².